The second-order valence-corrected chi connectivity index (χ2v) is 5.20. The lowest BCUT2D eigenvalue weighted by Gasteiger charge is -2.25. The van der Waals surface area contributed by atoms with Crippen molar-refractivity contribution in [2.75, 3.05) is 50.6 Å². The molecule has 1 aliphatic heterocycles. The first kappa shape index (κ1) is 16.0. The summed E-state index contributed by atoms with van der Waals surface area (Å²) in [5.41, 5.74) is 1.75. The highest BCUT2D eigenvalue weighted by Gasteiger charge is 2.14. The van der Waals surface area contributed by atoms with Crippen LogP contribution >= 0.6 is 0 Å². The molecule has 0 spiro atoms. The van der Waals surface area contributed by atoms with Gasteiger partial charge in [-0.1, -0.05) is 0 Å². The molecule has 22 heavy (non-hydrogen) atoms. The summed E-state index contributed by atoms with van der Waals surface area (Å²) in [7, 11) is 3.90. The summed E-state index contributed by atoms with van der Waals surface area (Å²) in [6, 6.07) is 7.48. The second-order valence-electron chi connectivity index (χ2n) is 5.20. The summed E-state index contributed by atoms with van der Waals surface area (Å²) in [4.78, 5) is 27.3. The highest BCUT2D eigenvalue weighted by Crippen LogP contribution is 2.15. The molecule has 1 heterocycles. The lowest BCUT2D eigenvalue weighted by molar-refractivity contribution is -0.130. The number of carbonyl (C=O) groups is 2. The molecular formula is C16H21N3O3. The van der Waals surface area contributed by atoms with Gasteiger partial charge in [0.05, 0.1) is 13.2 Å². The van der Waals surface area contributed by atoms with Crippen LogP contribution in [-0.2, 0) is 14.3 Å². The van der Waals surface area contributed by atoms with Gasteiger partial charge in [-0.2, -0.15) is 0 Å². The smallest absolute Gasteiger partial charge is 0.248 e. The Morgan fingerprint density at radius 2 is 1.77 bits per heavy atom. The molecule has 0 radical (unpaired) electrons. The molecule has 2 amide bonds. The van der Waals surface area contributed by atoms with Crippen molar-refractivity contribution in [1.82, 2.24) is 4.90 Å². The van der Waals surface area contributed by atoms with Gasteiger partial charge in [-0.3, -0.25) is 9.59 Å². The van der Waals surface area contributed by atoms with E-state index in [-0.39, 0.29) is 11.8 Å². The third-order valence-electron chi connectivity index (χ3n) is 3.35. The van der Waals surface area contributed by atoms with Crippen LogP contribution in [-0.4, -0.2) is 57.1 Å². The minimum absolute atomic E-state index is 0.165. The first-order chi connectivity index (χ1) is 10.6. The number of carbonyl (C=O) groups excluding carboxylic acids is 2. The van der Waals surface area contributed by atoms with E-state index >= 15 is 0 Å². The third kappa shape index (κ3) is 4.60. The van der Waals surface area contributed by atoms with Crippen molar-refractivity contribution in [3.05, 3.63) is 36.4 Å². The Morgan fingerprint density at radius 3 is 2.36 bits per heavy atom. The molecular weight excluding hydrogens is 282 g/mol. The Hall–Kier alpha value is -2.34. The highest BCUT2D eigenvalue weighted by molar-refractivity contribution is 6.03. The predicted octanol–water partition coefficient (Wildman–Crippen LogP) is 1.11. The molecule has 0 aliphatic carbocycles. The van der Waals surface area contributed by atoms with Gasteiger partial charge in [-0.05, 0) is 24.3 Å². The van der Waals surface area contributed by atoms with Crippen molar-refractivity contribution in [2.24, 2.45) is 0 Å². The number of nitrogens with one attached hydrogen (secondary N) is 1. The number of benzene rings is 1. The Kier molecular flexibility index (Phi) is 5.55. The Labute approximate surface area is 130 Å². The van der Waals surface area contributed by atoms with E-state index < -0.39 is 0 Å². The number of hydrogen-bond donors (Lipinski definition) is 1. The van der Waals surface area contributed by atoms with E-state index in [4.69, 9.17) is 4.74 Å². The van der Waals surface area contributed by atoms with E-state index in [0.717, 1.165) is 5.69 Å². The first-order valence-electron chi connectivity index (χ1n) is 7.19. The maximum absolute atomic E-state index is 11.9. The quantitative estimate of drug-likeness (QED) is 0.846. The second kappa shape index (κ2) is 7.61. The molecule has 0 unspecified atom stereocenters. The van der Waals surface area contributed by atoms with Crippen LogP contribution in [0.3, 0.4) is 0 Å². The molecule has 0 bridgehead atoms. The fraction of sp³-hybridized carbons (Fsp3) is 0.375. The zero-order valence-corrected chi connectivity index (χ0v) is 12.9. The van der Waals surface area contributed by atoms with Gasteiger partial charge in [-0.25, -0.2) is 0 Å². The standard InChI is InChI=1S/C16H21N3O3/c1-18(2)14-5-3-13(4-6-14)17-15(20)7-8-16(21)19-9-11-22-12-10-19/h3-8H,9-12H2,1-2H3,(H,17,20)/b8-7+. The van der Waals surface area contributed by atoms with Gasteiger partial charge in [0.2, 0.25) is 11.8 Å². The van der Waals surface area contributed by atoms with Crippen LogP contribution in [0.1, 0.15) is 0 Å². The van der Waals surface area contributed by atoms with Gasteiger partial charge in [0, 0.05) is 50.7 Å². The average molecular weight is 303 g/mol. The van der Waals surface area contributed by atoms with E-state index in [1.165, 1.54) is 12.2 Å². The van der Waals surface area contributed by atoms with E-state index in [0.29, 0.717) is 32.0 Å². The summed E-state index contributed by atoms with van der Waals surface area (Å²) in [6.07, 6.45) is 2.56. The van der Waals surface area contributed by atoms with Crippen LogP contribution in [0.15, 0.2) is 36.4 Å². The van der Waals surface area contributed by atoms with Crippen molar-refractivity contribution in [2.45, 2.75) is 0 Å². The van der Waals surface area contributed by atoms with Crippen molar-refractivity contribution < 1.29 is 14.3 Å². The number of anilines is 2. The molecule has 0 atom stereocenters. The normalized spacial score (nSPS) is 14.9. The molecule has 0 saturated carbocycles. The number of amides is 2. The minimum atomic E-state index is -0.320. The third-order valence-corrected chi connectivity index (χ3v) is 3.35. The number of nitrogens with zero attached hydrogens (tertiary/aromatic N) is 2. The lowest BCUT2D eigenvalue weighted by atomic mass is 10.2. The molecule has 1 aromatic carbocycles. The Morgan fingerprint density at radius 1 is 1.14 bits per heavy atom. The first-order valence-corrected chi connectivity index (χ1v) is 7.19. The molecule has 1 saturated heterocycles. The highest BCUT2D eigenvalue weighted by atomic mass is 16.5. The van der Waals surface area contributed by atoms with Crippen LogP contribution in [0, 0.1) is 0 Å². The molecule has 1 aliphatic rings. The molecule has 2 rings (SSSR count). The number of morpholine rings is 1. The van der Waals surface area contributed by atoms with Crippen LogP contribution in [0.2, 0.25) is 0 Å². The van der Waals surface area contributed by atoms with Crippen LogP contribution in [0.25, 0.3) is 0 Å². The molecule has 118 valence electrons. The van der Waals surface area contributed by atoms with Gasteiger partial charge in [0.25, 0.3) is 0 Å². The molecule has 6 nitrogen and oxygen atoms in total. The zero-order valence-electron chi connectivity index (χ0n) is 12.9. The van der Waals surface area contributed by atoms with E-state index in [1.54, 1.807) is 4.90 Å². The van der Waals surface area contributed by atoms with Gasteiger partial charge in [0.1, 0.15) is 0 Å². The topological polar surface area (TPSA) is 61.9 Å². The number of hydrogen-bond acceptors (Lipinski definition) is 4. The SMILES string of the molecule is CN(C)c1ccc(NC(=O)/C=C/C(=O)N2CCOCC2)cc1. The summed E-state index contributed by atoms with van der Waals surface area (Å²) in [5.74, 6) is -0.486. The van der Waals surface area contributed by atoms with Gasteiger partial charge >= 0.3 is 0 Å². The minimum Gasteiger partial charge on any atom is -0.378 e. The number of rotatable bonds is 4. The molecule has 1 fully saturated rings. The van der Waals surface area contributed by atoms with Crippen molar-refractivity contribution in [3.63, 3.8) is 0 Å². The maximum Gasteiger partial charge on any atom is 0.248 e. The summed E-state index contributed by atoms with van der Waals surface area (Å²) < 4.78 is 5.18. The zero-order chi connectivity index (χ0) is 15.9. The van der Waals surface area contributed by atoms with Gasteiger partial charge in [0.15, 0.2) is 0 Å². The summed E-state index contributed by atoms with van der Waals surface area (Å²) in [6.45, 7) is 2.22. The van der Waals surface area contributed by atoms with Crippen LogP contribution < -0.4 is 10.2 Å². The van der Waals surface area contributed by atoms with E-state index in [1.807, 2.05) is 43.3 Å². The number of ether oxygens (including phenoxy) is 1. The molecule has 1 aromatic rings. The van der Waals surface area contributed by atoms with Crippen molar-refractivity contribution in [3.8, 4) is 0 Å². The van der Waals surface area contributed by atoms with Gasteiger partial charge in [-0.15, -0.1) is 0 Å². The summed E-state index contributed by atoms with van der Waals surface area (Å²) >= 11 is 0. The van der Waals surface area contributed by atoms with Crippen LogP contribution in [0.5, 0.6) is 0 Å². The van der Waals surface area contributed by atoms with Gasteiger partial charge < -0.3 is 19.9 Å². The van der Waals surface area contributed by atoms with E-state index in [2.05, 4.69) is 5.32 Å². The molecule has 6 heteroatoms. The molecule has 0 aromatic heterocycles. The monoisotopic (exact) mass is 303 g/mol. The predicted molar refractivity (Wildman–Crippen MR) is 85.9 cm³/mol. The Balaban J connectivity index is 1.86. The van der Waals surface area contributed by atoms with Crippen molar-refractivity contribution >= 4 is 23.2 Å². The van der Waals surface area contributed by atoms with E-state index in [9.17, 15) is 9.59 Å². The fourth-order valence-electron chi connectivity index (χ4n) is 2.06. The van der Waals surface area contributed by atoms with Crippen molar-refractivity contribution in [1.29, 1.82) is 0 Å². The largest absolute Gasteiger partial charge is 0.378 e. The lowest BCUT2D eigenvalue weighted by Crippen LogP contribution is -2.39. The average Bonchev–Trinajstić information content (AvgIpc) is 2.54. The Bertz CT molecular complexity index is 546. The molecule has 1 N–H and O–H groups in total. The maximum atomic E-state index is 11.9. The van der Waals surface area contributed by atoms with Crippen LogP contribution in [0.4, 0.5) is 11.4 Å². The fourth-order valence-corrected chi connectivity index (χ4v) is 2.06. The summed E-state index contributed by atoms with van der Waals surface area (Å²) in [5, 5.41) is 2.73.